The van der Waals surface area contributed by atoms with E-state index in [0.717, 1.165) is 35.8 Å². The van der Waals surface area contributed by atoms with Gasteiger partial charge in [-0.2, -0.15) is 4.31 Å². The fraction of sp³-hybridized carbons (Fsp3) is 0.533. The van der Waals surface area contributed by atoms with E-state index >= 15 is 0 Å². The summed E-state index contributed by atoms with van der Waals surface area (Å²) in [6.07, 6.45) is 2.00. The monoisotopic (exact) mass is 310 g/mol. The Morgan fingerprint density at radius 1 is 1.24 bits per heavy atom. The summed E-state index contributed by atoms with van der Waals surface area (Å²) < 4.78 is 26.4. The quantitative estimate of drug-likeness (QED) is 0.848. The fourth-order valence-corrected chi connectivity index (χ4v) is 3.92. The first-order chi connectivity index (χ1) is 9.82. The minimum atomic E-state index is -3.63. The molecule has 0 N–H and O–H groups in total. The Kier molecular flexibility index (Phi) is 4.68. The minimum absolute atomic E-state index is 0.101. The first-order valence-electron chi connectivity index (χ1n) is 7.14. The first kappa shape index (κ1) is 16.0. The zero-order valence-corrected chi connectivity index (χ0v) is 13.6. The molecular weight excluding hydrogens is 288 g/mol. The molecule has 0 aliphatic carbocycles. The number of likely N-dealkylation sites (tertiary alicyclic amines) is 1. The Balaban J connectivity index is 2.18. The number of hydrogen-bond donors (Lipinski definition) is 0. The van der Waals surface area contributed by atoms with Crippen molar-refractivity contribution in [1.29, 1.82) is 0 Å². The first-order valence-corrected chi connectivity index (χ1v) is 8.58. The highest BCUT2D eigenvalue weighted by atomic mass is 32.2. The van der Waals surface area contributed by atoms with Crippen molar-refractivity contribution in [3.8, 4) is 0 Å². The molecule has 6 heteroatoms. The van der Waals surface area contributed by atoms with Crippen LogP contribution >= 0.6 is 0 Å². The number of carbonyl (C=O) groups excluding carboxylic acids is 1. The van der Waals surface area contributed by atoms with Crippen LogP contribution < -0.4 is 0 Å². The smallest absolute Gasteiger partial charge is 0.243 e. The van der Waals surface area contributed by atoms with Crippen LogP contribution in [0.1, 0.15) is 24.0 Å². The van der Waals surface area contributed by atoms with E-state index in [4.69, 9.17) is 0 Å². The lowest BCUT2D eigenvalue weighted by molar-refractivity contribution is -0.130. The number of aryl methyl sites for hydroxylation is 2. The highest BCUT2D eigenvalue weighted by molar-refractivity contribution is 7.89. The molecular formula is C15H22N2O3S. The molecule has 0 spiro atoms. The van der Waals surface area contributed by atoms with Crippen molar-refractivity contribution in [2.75, 3.05) is 26.7 Å². The molecule has 0 atom stereocenters. The van der Waals surface area contributed by atoms with Gasteiger partial charge in [-0.15, -0.1) is 0 Å². The van der Waals surface area contributed by atoms with E-state index in [1.165, 1.54) is 7.05 Å². The standard InChI is InChI=1S/C15H22N2O3S/c1-12-6-7-13(2)14(10-12)21(19,20)16(3)11-15(18)17-8-4-5-9-17/h6-7,10H,4-5,8-9,11H2,1-3H3. The minimum Gasteiger partial charge on any atom is -0.342 e. The molecule has 1 aromatic carbocycles. The van der Waals surface area contributed by atoms with Gasteiger partial charge in [0.15, 0.2) is 0 Å². The second kappa shape index (κ2) is 6.15. The molecule has 0 unspecified atom stereocenters. The normalized spacial score (nSPS) is 15.7. The van der Waals surface area contributed by atoms with Crippen LogP contribution in [-0.2, 0) is 14.8 Å². The fourth-order valence-electron chi connectivity index (χ4n) is 2.50. The van der Waals surface area contributed by atoms with Crippen LogP contribution in [0.2, 0.25) is 0 Å². The third kappa shape index (κ3) is 3.44. The second-order valence-electron chi connectivity index (χ2n) is 5.62. The summed E-state index contributed by atoms with van der Waals surface area (Å²) in [5.74, 6) is -0.121. The highest BCUT2D eigenvalue weighted by Crippen LogP contribution is 2.20. The van der Waals surface area contributed by atoms with E-state index < -0.39 is 10.0 Å². The Hall–Kier alpha value is -1.40. The lowest BCUT2D eigenvalue weighted by Gasteiger charge is -2.22. The average Bonchev–Trinajstić information content (AvgIpc) is 2.95. The number of likely N-dealkylation sites (N-methyl/N-ethyl adjacent to an activating group) is 1. The largest absolute Gasteiger partial charge is 0.342 e. The second-order valence-corrected chi connectivity index (χ2v) is 7.63. The summed E-state index contributed by atoms with van der Waals surface area (Å²) in [6.45, 7) is 4.98. The molecule has 21 heavy (non-hydrogen) atoms. The molecule has 0 radical (unpaired) electrons. The Bertz CT molecular complexity index is 634. The van der Waals surface area contributed by atoms with Crippen molar-refractivity contribution in [1.82, 2.24) is 9.21 Å². The highest BCUT2D eigenvalue weighted by Gasteiger charge is 2.27. The summed E-state index contributed by atoms with van der Waals surface area (Å²) in [6, 6.07) is 5.32. The van der Waals surface area contributed by atoms with E-state index in [0.29, 0.717) is 5.56 Å². The molecule has 1 saturated heterocycles. The predicted molar refractivity (Wildman–Crippen MR) is 81.5 cm³/mol. The zero-order valence-electron chi connectivity index (χ0n) is 12.8. The number of amides is 1. The predicted octanol–water partition coefficient (Wildman–Crippen LogP) is 1.55. The van der Waals surface area contributed by atoms with Gasteiger partial charge in [-0.1, -0.05) is 12.1 Å². The third-order valence-electron chi connectivity index (χ3n) is 3.85. The molecule has 1 fully saturated rings. The summed E-state index contributed by atoms with van der Waals surface area (Å²) in [4.78, 5) is 14.1. The van der Waals surface area contributed by atoms with E-state index in [1.54, 1.807) is 24.0 Å². The number of hydrogen-bond acceptors (Lipinski definition) is 3. The number of carbonyl (C=O) groups is 1. The number of rotatable bonds is 4. The molecule has 1 aliphatic rings. The van der Waals surface area contributed by atoms with Crippen LogP contribution in [0.3, 0.4) is 0 Å². The van der Waals surface area contributed by atoms with E-state index in [2.05, 4.69) is 0 Å². The van der Waals surface area contributed by atoms with Gasteiger partial charge in [0.1, 0.15) is 0 Å². The SMILES string of the molecule is Cc1ccc(C)c(S(=O)(=O)N(C)CC(=O)N2CCCC2)c1. The van der Waals surface area contributed by atoms with E-state index in [1.807, 2.05) is 13.0 Å². The molecule has 5 nitrogen and oxygen atoms in total. The van der Waals surface area contributed by atoms with Crippen molar-refractivity contribution in [2.24, 2.45) is 0 Å². The molecule has 0 saturated carbocycles. The molecule has 0 aromatic heterocycles. The van der Waals surface area contributed by atoms with E-state index in [-0.39, 0.29) is 17.3 Å². The lowest BCUT2D eigenvalue weighted by Crippen LogP contribution is -2.40. The molecule has 2 rings (SSSR count). The van der Waals surface area contributed by atoms with Crippen molar-refractivity contribution in [3.63, 3.8) is 0 Å². The summed E-state index contributed by atoms with van der Waals surface area (Å²) in [7, 11) is -2.17. The Morgan fingerprint density at radius 2 is 1.86 bits per heavy atom. The summed E-state index contributed by atoms with van der Waals surface area (Å²) in [5, 5.41) is 0. The maximum absolute atomic E-state index is 12.6. The average molecular weight is 310 g/mol. The van der Waals surface area contributed by atoms with Crippen LogP contribution in [0.4, 0.5) is 0 Å². The van der Waals surface area contributed by atoms with Crippen molar-refractivity contribution >= 4 is 15.9 Å². The molecule has 1 heterocycles. The maximum Gasteiger partial charge on any atom is 0.243 e. The van der Waals surface area contributed by atoms with Crippen LogP contribution in [0, 0.1) is 13.8 Å². The van der Waals surface area contributed by atoms with Crippen molar-refractivity contribution in [3.05, 3.63) is 29.3 Å². The molecule has 1 aliphatic heterocycles. The van der Waals surface area contributed by atoms with Gasteiger partial charge in [-0.25, -0.2) is 8.42 Å². The number of nitrogens with zero attached hydrogens (tertiary/aromatic N) is 2. The van der Waals surface area contributed by atoms with E-state index in [9.17, 15) is 13.2 Å². The van der Waals surface area contributed by atoms with Gasteiger partial charge in [-0.3, -0.25) is 4.79 Å². The third-order valence-corrected chi connectivity index (χ3v) is 5.79. The number of sulfonamides is 1. The molecule has 1 aromatic rings. The zero-order chi connectivity index (χ0) is 15.6. The Morgan fingerprint density at radius 3 is 2.48 bits per heavy atom. The van der Waals surface area contributed by atoms with Crippen LogP contribution in [0.25, 0.3) is 0 Å². The molecule has 116 valence electrons. The van der Waals surface area contributed by atoms with Gasteiger partial charge in [0.25, 0.3) is 0 Å². The van der Waals surface area contributed by atoms with Crippen LogP contribution in [0.15, 0.2) is 23.1 Å². The van der Waals surface area contributed by atoms with Gasteiger partial charge in [0.05, 0.1) is 11.4 Å². The molecule has 0 bridgehead atoms. The molecule has 1 amide bonds. The lowest BCUT2D eigenvalue weighted by atomic mass is 10.2. The topological polar surface area (TPSA) is 57.7 Å². The van der Waals surface area contributed by atoms with Crippen LogP contribution in [-0.4, -0.2) is 50.2 Å². The number of benzene rings is 1. The van der Waals surface area contributed by atoms with Gasteiger partial charge in [0.2, 0.25) is 15.9 Å². The van der Waals surface area contributed by atoms with Gasteiger partial charge >= 0.3 is 0 Å². The van der Waals surface area contributed by atoms with Crippen LogP contribution in [0.5, 0.6) is 0 Å². The van der Waals surface area contributed by atoms with Crippen molar-refractivity contribution < 1.29 is 13.2 Å². The van der Waals surface area contributed by atoms with Gasteiger partial charge < -0.3 is 4.90 Å². The summed E-state index contributed by atoms with van der Waals surface area (Å²) >= 11 is 0. The Labute approximate surface area is 126 Å². The van der Waals surface area contributed by atoms with Gasteiger partial charge in [-0.05, 0) is 43.9 Å². The summed E-state index contributed by atoms with van der Waals surface area (Å²) in [5.41, 5.74) is 1.58. The van der Waals surface area contributed by atoms with Crippen molar-refractivity contribution in [2.45, 2.75) is 31.6 Å². The maximum atomic E-state index is 12.6. The van der Waals surface area contributed by atoms with Gasteiger partial charge in [0, 0.05) is 20.1 Å².